The predicted molar refractivity (Wildman–Crippen MR) is 82.6 cm³/mol. The van der Waals surface area contributed by atoms with Gasteiger partial charge in [-0.3, -0.25) is 0 Å². The molecule has 0 saturated heterocycles. The smallest absolute Gasteiger partial charge is 0.240 e. The molecule has 0 aliphatic rings. The number of hydrogen-bond acceptors (Lipinski definition) is 2. The zero-order chi connectivity index (χ0) is 15.2. The molecule has 0 radical (unpaired) electrons. The number of benzene rings is 1. The molecule has 20 heavy (non-hydrogen) atoms. The van der Waals surface area contributed by atoms with Crippen molar-refractivity contribution in [3.8, 4) is 0 Å². The van der Waals surface area contributed by atoms with Gasteiger partial charge in [-0.05, 0) is 37.5 Å². The molecular weight excluding hydrogens is 272 g/mol. The molecule has 1 aromatic rings. The van der Waals surface area contributed by atoms with Crippen LogP contribution in [0.15, 0.2) is 29.2 Å². The zero-order valence-corrected chi connectivity index (χ0v) is 13.8. The zero-order valence-electron chi connectivity index (χ0n) is 12.9. The molecule has 0 heterocycles. The highest BCUT2D eigenvalue weighted by Crippen LogP contribution is 2.16. The van der Waals surface area contributed by atoms with E-state index in [0.717, 1.165) is 25.2 Å². The summed E-state index contributed by atoms with van der Waals surface area (Å²) < 4.78 is 27.0. The lowest BCUT2D eigenvalue weighted by molar-refractivity contribution is -0.895. The first-order valence-electron chi connectivity index (χ1n) is 7.33. The molecule has 0 fully saturated rings. The third-order valence-corrected chi connectivity index (χ3v) is 5.10. The largest absolute Gasteiger partial charge is 0.334 e. The van der Waals surface area contributed by atoms with Gasteiger partial charge in [0.25, 0.3) is 0 Å². The number of sulfonamides is 1. The highest BCUT2D eigenvalue weighted by molar-refractivity contribution is 7.89. The van der Waals surface area contributed by atoms with Crippen molar-refractivity contribution in [3.05, 3.63) is 29.8 Å². The molecule has 4 nitrogen and oxygen atoms in total. The van der Waals surface area contributed by atoms with Gasteiger partial charge in [0, 0.05) is 0 Å². The van der Waals surface area contributed by atoms with E-state index in [1.54, 1.807) is 12.1 Å². The Morgan fingerprint density at radius 1 is 1.10 bits per heavy atom. The minimum atomic E-state index is -3.38. The van der Waals surface area contributed by atoms with Gasteiger partial charge in [-0.1, -0.05) is 26.0 Å². The Morgan fingerprint density at radius 2 is 1.65 bits per heavy atom. The molecule has 0 unspecified atom stereocenters. The van der Waals surface area contributed by atoms with E-state index in [1.807, 2.05) is 12.1 Å². The summed E-state index contributed by atoms with van der Waals surface area (Å²) in [7, 11) is -3.38. The van der Waals surface area contributed by atoms with Crippen molar-refractivity contribution in [3.63, 3.8) is 0 Å². The van der Waals surface area contributed by atoms with E-state index < -0.39 is 10.0 Å². The summed E-state index contributed by atoms with van der Waals surface area (Å²) in [6.07, 6.45) is 0. The van der Waals surface area contributed by atoms with Crippen LogP contribution in [0.1, 0.15) is 39.2 Å². The number of rotatable bonds is 8. The average Bonchev–Trinajstić information content (AvgIpc) is 2.43. The fraction of sp³-hybridized carbons (Fsp3) is 0.600. The lowest BCUT2D eigenvalue weighted by Gasteiger charge is -2.15. The minimum Gasteiger partial charge on any atom is -0.334 e. The molecule has 1 rings (SSSR count). The average molecular weight is 299 g/mol. The second kappa shape index (κ2) is 7.76. The Hall–Kier alpha value is -0.910. The number of nitrogens with one attached hydrogen (secondary N) is 2. The maximum atomic E-state index is 12.2. The molecule has 0 atom stereocenters. The number of hydrogen-bond donors (Lipinski definition) is 2. The van der Waals surface area contributed by atoms with Crippen LogP contribution in [-0.4, -0.2) is 34.6 Å². The van der Waals surface area contributed by atoms with E-state index in [1.165, 1.54) is 4.90 Å². The van der Waals surface area contributed by atoms with Crippen molar-refractivity contribution in [2.24, 2.45) is 0 Å². The molecule has 0 bridgehead atoms. The summed E-state index contributed by atoms with van der Waals surface area (Å²) in [6, 6.07) is 7.13. The Bertz CT molecular complexity index is 491. The van der Waals surface area contributed by atoms with Crippen LogP contribution < -0.4 is 9.62 Å². The quantitative estimate of drug-likeness (QED) is 0.753. The summed E-state index contributed by atoms with van der Waals surface area (Å²) >= 11 is 0. The summed E-state index contributed by atoms with van der Waals surface area (Å²) in [5.74, 6) is 0.408. The van der Waals surface area contributed by atoms with Gasteiger partial charge < -0.3 is 4.90 Å². The minimum absolute atomic E-state index is 0.344. The first-order valence-corrected chi connectivity index (χ1v) is 8.82. The lowest BCUT2D eigenvalue weighted by Crippen LogP contribution is -3.12. The van der Waals surface area contributed by atoms with Gasteiger partial charge in [0.1, 0.15) is 0 Å². The third-order valence-electron chi connectivity index (χ3n) is 3.63. The summed E-state index contributed by atoms with van der Waals surface area (Å²) in [5.41, 5.74) is 1.15. The molecule has 5 heteroatoms. The second-order valence-electron chi connectivity index (χ2n) is 5.33. The van der Waals surface area contributed by atoms with Crippen molar-refractivity contribution in [2.45, 2.75) is 38.5 Å². The molecule has 1 aromatic carbocycles. The maximum Gasteiger partial charge on any atom is 0.240 e. The van der Waals surface area contributed by atoms with Gasteiger partial charge >= 0.3 is 0 Å². The first kappa shape index (κ1) is 17.1. The van der Waals surface area contributed by atoms with Crippen LogP contribution in [0.25, 0.3) is 0 Å². The summed E-state index contributed by atoms with van der Waals surface area (Å²) in [5, 5.41) is 0. The van der Waals surface area contributed by atoms with Crippen LogP contribution in [-0.2, 0) is 10.0 Å². The SMILES string of the molecule is CC[NH+](CC)CCNS(=O)(=O)c1ccc(C(C)C)cc1. The Labute approximate surface area is 123 Å². The van der Waals surface area contributed by atoms with Crippen LogP contribution in [0.2, 0.25) is 0 Å². The molecule has 0 spiro atoms. The van der Waals surface area contributed by atoms with E-state index in [-0.39, 0.29) is 0 Å². The van der Waals surface area contributed by atoms with Crippen LogP contribution >= 0.6 is 0 Å². The number of likely N-dealkylation sites (N-methyl/N-ethyl adjacent to an activating group) is 1. The third kappa shape index (κ3) is 4.89. The van der Waals surface area contributed by atoms with Crippen molar-refractivity contribution >= 4 is 10.0 Å². The molecular formula is C15H27N2O2S+. The van der Waals surface area contributed by atoms with Gasteiger partial charge in [-0.2, -0.15) is 0 Å². The highest BCUT2D eigenvalue weighted by Gasteiger charge is 2.14. The highest BCUT2D eigenvalue weighted by atomic mass is 32.2. The monoisotopic (exact) mass is 299 g/mol. The molecule has 0 amide bonds. The Balaban J connectivity index is 2.64. The molecule has 114 valence electrons. The van der Waals surface area contributed by atoms with E-state index in [4.69, 9.17) is 0 Å². The van der Waals surface area contributed by atoms with Gasteiger partial charge in [-0.15, -0.1) is 0 Å². The molecule has 0 aromatic heterocycles. The van der Waals surface area contributed by atoms with E-state index >= 15 is 0 Å². The standard InChI is InChI=1S/C15H26N2O2S/c1-5-17(6-2)12-11-16-20(18,19)15-9-7-14(8-10-15)13(3)4/h7-10,13,16H,5-6,11-12H2,1-4H3/p+1. The topological polar surface area (TPSA) is 50.6 Å². The van der Waals surface area contributed by atoms with Gasteiger partial charge in [0.2, 0.25) is 10.0 Å². The van der Waals surface area contributed by atoms with E-state index in [9.17, 15) is 8.42 Å². The summed E-state index contributed by atoms with van der Waals surface area (Å²) in [6.45, 7) is 11.7. The Morgan fingerprint density at radius 3 is 2.10 bits per heavy atom. The lowest BCUT2D eigenvalue weighted by atomic mass is 10.0. The van der Waals surface area contributed by atoms with E-state index in [0.29, 0.717) is 17.4 Å². The van der Waals surface area contributed by atoms with Crippen molar-refractivity contribution in [2.75, 3.05) is 26.2 Å². The first-order chi connectivity index (χ1) is 9.40. The van der Waals surface area contributed by atoms with Gasteiger partial charge in [-0.25, -0.2) is 13.1 Å². The van der Waals surface area contributed by atoms with Gasteiger partial charge in [0.15, 0.2) is 0 Å². The normalized spacial score (nSPS) is 12.3. The van der Waals surface area contributed by atoms with Gasteiger partial charge in [0.05, 0.1) is 31.1 Å². The number of quaternary nitrogens is 1. The summed E-state index contributed by atoms with van der Waals surface area (Å²) in [4.78, 5) is 1.74. The Kier molecular flexibility index (Phi) is 6.65. The fourth-order valence-corrected chi connectivity index (χ4v) is 3.11. The van der Waals surface area contributed by atoms with Crippen LogP contribution in [0, 0.1) is 0 Å². The molecule has 0 saturated carbocycles. The van der Waals surface area contributed by atoms with Crippen LogP contribution in [0.4, 0.5) is 0 Å². The van der Waals surface area contributed by atoms with Crippen LogP contribution in [0.3, 0.4) is 0 Å². The predicted octanol–water partition coefficient (Wildman–Crippen LogP) is 1.01. The molecule has 0 aliphatic heterocycles. The van der Waals surface area contributed by atoms with Crippen LogP contribution in [0.5, 0.6) is 0 Å². The van der Waals surface area contributed by atoms with E-state index in [2.05, 4.69) is 32.4 Å². The maximum absolute atomic E-state index is 12.2. The molecule has 2 N–H and O–H groups in total. The molecule has 0 aliphatic carbocycles. The second-order valence-corrected chi connectivity index (χ2v) is 7.10. The fourth-order valence-electron chi connectivity index (χ4n) is 2.08. The van der Waals surface area contributed by atoms with Crippen molar-refractivity contribution < 1.29 is 13.3 Å². The van der Waals surface area contributed by atoms with Crippen molar-refractivity contribution in [1.29, 1.82) is 0 Å². The van der Waals surface area contributed by atoms with Crippen molar-refractivity contribution in [1.82, 2.24) is 4.72 Å².